The van der Waals surface area contributed by atoms with Crippen molar-refractivity contribution >= 4 is 5.97 Å². The van der Waals surface area contributed by atoms with E-state index in [9.17, 15) is 4.79 Å². The molecule has 1 aliphatic rings. The Bertz CT molecular complexity index is 689. The minimum Gasteiger partial charge on any atom is -0.465 e. The van der Waals surface area contributed by atoms with E-state index in [-0.39, 0.29) is 12.0 Å². The van der Waals surface area contributed by atoms with Gasteiger partial charge in [0, 0.05) is 17.8 Å². The highest BCUT2D eigenvalue weighted by atomic mass is 16.5. The zero-order chi connectivity index (χ0) is 16.2. The lowest BCUT2D eigenvalue weighted by atomic mass is 9.91. The molecule has 0 bridgehead atoms. The molecule has 1 saturated heterocycles. The first kappa shape index (κ1) is 15.7. The number of carbonyl (C=O) groups excluding carboxylic acids is 1. The molecule has 1 aromatic carbocycles. The summed E-state index contributed by atoms with van der Waals surface area (Å²) >= 11 is 0. The van der Waals surface area contributed by atoms with E-state index < -0.39 is 0 Å². The molecule has 120 valence electrons. The van der Waals surface area contributed by atoms with Crippen LogP contribution >= 0.6 is 0 Å². The van der Waals surface area contributed by atoms with Gasteiger partial charge in [0.25, 0.3) is 0 Å². The van der Waals surface area contributed by atoms with Crippen LogP contribution in [0.25, 0.3) is 11.3 Å². The molecule has 0 radical (unpaired) electrons. The summed E-state index contributed by atoms with van der Waals surface area (Å²) in [5, 5.41) is 3.51. The molecule has 0 amide bonds. The van der Waals surface area contributed by atoms with Gasteiger partial charge in [0.2, 0.25) is 0 Å². The van der Waals surface area contributed by atoms with E-state index in [4.69, 9.17) is 4.74 Å². The van der Waals surface area contributed by atoms with Crippen molar-refractivity contribution in [1.82, 2.24) is 10.3 Å². The Hall–Kier alpha value is -2.20. The van der Waals surface area contributed by atoms with Crippen molar-refractivity contribution in [1.29, 1.82) is 0 Å². The van der Waals surface area contributed by atoms with Gasteiger partial charge < -0.3 is 10.1 Å². The first-order valence-electron chi connectivity index (χ1n) is 8.07. The van der Waals surface area contributed by atoms with Crippen LogP contribution in [0.15, 0.2) is 36.5 Å². The number of nitrogens with zero attached hydrogens (tertiary/aromatic N) is 1. The second-order valence-electron chi connectivity index (χ2n) is 6.02. The van der Waals surface area contributed by atoms with Crippen molar-refractivity contribution in [2.45, 2.75) is 32.2 Å². The first-order valence-corrected chi connectivity index (χ1v) is 8.07. The fraction of sp³-hybridized carbons (Fsp3) is 0.368. The quantitative estimate of drug-likeness (QED) is 0.879. The number of hydrogen-bond acceptors (Lipinski definition) is 4. The molecule has 23 heavy (non-hydrogen) atoms. The Labute approximate surface area is 136 Å². The van der Waals surface area contributed by atoms with E-state index >= 15 is 0 Å². The molecule has 1 atom stereocenters. The summed E-state index contributed by atoms with van der Waals surface area (Å²) in [6, 6.07) is 10.1. The predicted octanol–water partition coefficient (Wildman–Crippen LogP) is 3.66. The van der Waals surface area contributed by atoms with Crippen LogP contribution < -0.4 is 5.32 Å². The molecule has 0 aliphatic carbocycles. The summed E-state index contributed by atoms with van der Waals surface area (Å²) in [4.78, 5) is 16.6. The van der Waals surface area contributed by atoms with Crippen molar-refractivity contribution in [3.8, 4) is 11.3 Å². The lowest BCUT2D eigenvalue weighted by molar-refractivity contribution is 0.0598. The lowest BCUT2D eigenvalue weighted by Gasteiger charge is -2.26. The molecular weight excluding hydrogens is 288 g/mol. The molecule has 2 heterocycles. The van der Waals surface area contributed by atoms with Crippen LogP contribution in [0.5, 0.6) is 0 Å². The summed E-state index contributed by atoms with van der Waals surface area (Å²) in [5.74, 6) is -0.282. The highest BCUT2D eigenvalue weighted by Crippen LogP contribution is 2.30. The molecule has 0 spiro atoms. The van der Waals surface area contributed by atoms with Crippen molar-refractivity contribution in [3.05, 3.63) is 53.2 Å². The molecule has 4 heteroatoms. The van der Waals surface area contributed by atoms with Crippen LogP contribution in [0.3, 0.4) is 0 Å². The number of ether oxygens (including phenoxy) is 1. The molecule has 3 rings (SSSR count). The SMILES string of the molecule is COC(=O)c1ccc(-c2ccc(C)cn2)cc1C1CCCCN1. The van der Waals surface area contributed by atoms with Crippen molar-refractivity contribution < 1.29 is 9.53 Å². The molecule has 1 unspecified atom stereocenters. The van der Waals surface area contributed by atoms with Crippen LogP contribution in [0.4, 0.5) is 0 Å². The monoisotopic (exact) mass is 310 g/mol. The molecule has 2 aromatic rings. The van der Waals surface area contributed by atoms with Crippen LogP contribution in [-0.2, 0) is 4.74 Å². The topological polar surface area (TPSA) is 51.2 Å². The fourth-order valence-corrected chi connectivity index (χ4v) is 3.06. The number of benzene rings is 1. The Morgan fingerprint density at radius 2 is 2.13 bits per heavy atom. The van der Waals surface area contributed by atoms with Gasteiger partial charge in [-0.05, 0) is 55.6 Å². The Balaban J connectivity index is 2.03. The van der Waals surface area contributed by atoms with E-state index in [1.165, 1.54) is 20.0 Å². The number of nitrogens with one attached hydrogen (secondary N) is 1. The average molecular weight is 310 g/mol. The van der Waals surface area contributed by atoms with Gasteiger partial charge in [-0.15, -0.1) is 0 Å². The van der Waals surface area contributed by atoms with Gasteiger partial charge in [-0.25, -0.2) is 4.79 Å². The summed E-state index contributed by atoms with van der Waals surface area (Å²) in [5.41, 5.74) is 4.73. The summed E-state index contributed by atoms with van der Waals surface area (Å²) in [7, 11) is 1.43. The van der Waals surface area contributed by atoms with Gasteiger partial charge in [0.1, 0.15) is 0 Å². The Kier molecular flexibility index (Phi) is 4.72. The number of esters is 1. The number of aryl methyl sites for hydroxylation is 1. The minimum atomic E-state index is -0.282. The second kappa shape index (κ2) is 6.92. The molecule has 1 N–H and O–H groups in total. The number of hydrogen-bond donors (Lipinski definition) is 1. The van der Waals surface area contributed by atoms with E-state index in [2.05, 4.69) is 22.4 Å². The van der Waals surface area contributed by atoms with E-state index in [0.29, 0.717) is 5.56 Å². The van der Waals surface area contributed by atoms with E-state index in [0.717, 1.165) is 35.3 Å². The molecular formula is C19H22N2O2. The largest absolute Gasteiger partial charge is 0.465 e. The minimum absolute atomic E-state index is 0.197. The van der Waals surface area contributed by atoms with Crippen molar-refractivity contribution in [2.75, 3.05) is 13.7 Å². The van der Waals surface area contributed by atoms with Gasteiger partial charge in [0.05, 0.1) is 18.4 Å². The first-order chi connectivity index (χ1) is 11.2. The predicted molar refractivity (Wildman–Crippen MR) is 90.3 cm³/mol. The fourth-order valence-electron chi connectivity index (χ4n) is 3.06. The van der Waals surface area contributed by atoms with Crippen molar-refractivity contribution in [3.63, 3.8) is 0 Å². The van der Waals surface area contributed by atoms with Gasteiger partial charge in [-0.3, -0.25) is 4.98 Å². The van der Waals surface area contributed by atoms with Crippen LogP contribution in [-0.4, -0.2) is 24.6 Å². The van der Waals surface area contributed by atoms with Gasteiger partial charge in [0.15, 0.2) is 0 Å². The summed E-state index contributed by atoms with van der Waals surface area (Å²) in [6.45, 7) is 3.01. The third-order valence-corrected chi connectivity index (χ3v) is 4.35. The highest BCUT2D eigenvalue weighted by Gasteiger charge is 2.22. The molecule has 1 fully saturated rings. The number of rotatable bonds is 3. The number of carbonyl (C=O) groups is 1. The number of methoxy groups -OCH3 is 1. The maximum absolute atomic E-state index is 12.1. The highest BCUT2D eigenvalue weighted by molar-refractivity contribution is 5.92. The van der Waals surface area contributed by atoms with Crippen molar-refractivity contribution in [2.24, 2.45) is 0 Å². The van der Waals surface area contributed by atoms with E-state index in [1.807, 2.05) is 31.3 Å². The molecule has 1 aliphatic heterocycles. The molecule has 4 nitrogen and oxygen atoms in total. The number of aromatic nitrogens is 1. The maximum atomic E-state index is 12.1. The average Bonchev–Trinajstić information content (AvgIpc) is 2.62. The third-order valence-electron chi connectivity index (χ3n) is 4.35. The lowest BCUT2D eigenvalue weighted by Crippen LogP contribution is -2.28. The Morgan fingerprint density at radius 1 is 1.26 bits per heavy atom. The van der Waals surface area contributed by atoms with Crippen LogP contribution in [0, 0.1) is 6.92 Å². The summed E-state index contributed by atoms with van der Waals surface area (Å²) < 4.78 is 4.95. The van der Waals surface area contributed by atoms with Gasteiger partial charge >= 0.3 is 5.97 Å². The van der Waals surface area contributed by atoms with E-state index in [1.54, 1.807) is 0 Å². The standard InChI is InChI=1S/C19H22N2O2/c1-13-6-9-17(21-12-13)14-7-8-15(19(22)23-2)16(11-14)18-5-3-4-10-20-18/h6-9,11-12,18,20H,3-5,10H2,1-2H3. The molecule has 1 aromatic heterocycles. The van der Waals surface area contributed by atoms with Gasteiger partial charge in [-0.2, -0.15) is 0 Å². The zero-order valence-corrected chi connectivity index (χ0v) is 13.6. The smallest absolute Gasteiger partial charge is 0.338 e. The maximum Gasteiger partial charge on any atom is 0.338 e. The van der Waals surface area contributed by atoms with Crippen LogP contribution in [0.2, 0.25) is 0 Å². The van der Waals surface area contributed by atoms with Gasteiger partial charge in [-0.1, -0.05) is 18.6 Å². The molecule has 0 saturated carbocycles. The van der Waals surface area contributed by atoms with Crippen LogP contribution in [0.1, 0.15) is 46.8 Å². The number of pyridine rings is 1. The third kappa shape index (κ3) is 3.42. The Morgan fingerprint density at radius 3 is 2.78 bits per heavy atom. The normalized spacial score (nSPS) is 17.7. The summed E-state index contributed by atoms with van der Waals surface area (Å²) in [6.07, 6.45) is 5.26. The number of piperidine rings is 1. The second-order valence-corrected chi connectivity index (χ2v) is 6.02. The zero-order valence-electron chi connectivity index (χ0n) is 13.6.